The molecule has 8 nitrogen and oxygen atoms in total. The van der Waals surface area contributed by atoms with E-state index in [1.54, 1.807) is 48.5 Å². The summed E-state index contributed by atoms with van der Waals surface area (Å²) in [6, 6.07) is 13.6. The molecule has 2 fully saturated rings. The van der Waals surface area contributed by atoms with Gasteiger partial charge in [0.05, 0.1) is 0 Å². The van der Waals surface area contributed by atoms with Crippen LogP contribution in [0.25, 0.3) is 0 Å². The molecule has 2 saturated heterocycles. The third-order valence-corrected chi connectivity index (χ3v) is 10.0. The molecule has 2 aliphatic rings. The zero-order chi connectivity index (χ0) is 28.8. The van der Waals surface area contributed by atoms with E-state index in [-0.39, 0.29) is 49.6 Å². The molecule has 0 spiro atoms. The number of carbonyl (C=O) groups is 4. The van der Waals surface area contributed by atoms with E-state index in [4.69, 9.17) is 47.6 Å². The van der Waals surface area contributed by atoms with Gasteiger partial charge in [0, 0.05) is 47.4 Å². The minimum atomic E-state index is -0.691. The smallest absolute Gasteiger partial charge is 0.243 e. The van der Waals surface area contributed by atoms with Crippen LogP contribution in [0.4, 0.5) is 11.4 Å². The Hall–Kier alpha value is -2.22. The van der Waals surface area contributed by atoms with Gasteiger partial charge in [-0.2, -0.15) is 0 Å². The summed E-state index contributed by atoms with van der Waals surface area (Å²) >= 11 is 24.9. The predicted molar refractivity (Wildman–Crippen MR) is 170 cm³/mol. The van der Waals surface area contributed by atoms with Crippen LogP contribution in [-0.2, 0) is 19.2 Å². The number of thioether (sulfide) groups is 2. The van der Waals surface area contributed by atoms with Gasteiger partial charge in [0.25, 0.3) is 0 Å². The van der Waals surface area contributed by atoms with Crippen molar-refractivity contribution in [2.75, 3.05) is 23.7 Å². The van der Waals surface area contributed by atoms with Gasteiger partial charge in [0.2, 0.25) is 23.6 Å². The molecule has 2 aliphatic heterocycles. The molecule has 210 valence electrons. The number of hydrogen-bond acceptors (Lipinski definition) is 8. The maximum Gasteiger partial charge on any atom is 0.243 e. The molecule has 4 rings (SSSR count). The van der Waals surface area contributed by atoms with E-state index in [9.17, 15) is 19.2 Å². The average molecular weight is 656 g/mol. The van der Waals surface area contributed by atoms with Crippen LogP contribution in [-0.4, -0.2) is 65.7 Å². The first-order chi connectivity index (χ1) is 19.1. The van der Waals surface area contributed by atoms with Crippen molar-refractivity contribution in [3.05, 3.63) is 58.6 Å². The van der Waals surface area contributed by atoms with Crippen LogP contribution in [0.15, 0.2) is 48.5 Å². The third-order valence-electron chi connectivity index (χ3n) is 6.02. The van der Waals surface area contributed by atoms with Crippen LogP contribution >= 0.6 is 71.2 Å². The molecule has 2 unspecified atom stereocenters. The molecule has 0 bridgehead atoms. The highest BCUT2D eigenvalue weighted by molar-refractivity contribution is 8.27. The topological polar surface area (TPSA) is 98.8 Å². The van der Waals surface area contributed by atoms with E-state index in [1.165, 1.54) is 33.3 Å². The van der Waals surface area contributed by atoms with E-state index in [0.717, 1.165) is 0 Å². The highest BCUT2D eigenvalue weighted by Crippen LogP contribution is 2.40. The highest BCUT2D eigenvalue weighted by Gasteiger charge is 2.50. The molecule has 2 aromatic rings. The Morgan fingerprint density at radius 3 is 1.40 bits per heavy atom. The molecular weight excluding hydrogens is 631 g/mol. The van der Waals surface area contributed by atoms with Crippen LogP contribution in [0, 0.1) is 0 Å². The number of nitrogens with one attached hydrogen (secondary N) is 2. The first-order valence-corrected chi connectivity index (χ1v) is 15.6. The molecule has 4 amide bonds. The van der Waals surface area contributed by atoms with Gasteiger partial charge in [-0.25, -0.2) is 0 Å². The third kappa shape index (κ3) is 7.95. The minimum Gasteiger partial charge on any atom is -0.326 e. The largest absolute Gasteiger partial charge is 0.326 e. The fourth-order valence-electron chi connectivity index (χ4n) is 4.03. The Kier molecular flexibility index (Phi) is 10.8. The second-order valence-corrected chi connectivity index (χ2v) is 13.3. The van der Waals surface area contributed by atoms with Crippen molar-refractivity contribution in [1.82, 2.24) is 9.80 Å². The Balaban J connectivity index is 1.22. The molecule has 0 aliphatic carbocycles. The lowest BCUT2D eigenvalue weighted by molar-refractivity contribution is -0.131. The van der Waals surface area contributed by atoms with Crippen LogP contribution in [0.1, 0.15) is 25.7 Å². The fourth-order valence-corrected chi connectivity index (χ4v) is 7.58. The van der Waals surface area contributed by atoms with Gasteiger partial charge >= 0.3 is 0 Å². The molecule has 0 aromatic heterocycles. The van der Waals surface area contributed by atoms with Crippen LogP contribution in [0.3, 0.4) is 0 Å². The van der Waals surface area contributed by atoms with E-state index in [0.29, 0.717) is 42.9 Å². The Bertz CT molecular complexity index is 1230. The van der Waals surface area contributed by atoms with Crippen molar-refractivity contribution >= 4 is 115 Å². The summed E-state index contributed by atoms with van der Waals surface area (Å²) in [5.41, 5.74) is 1.27. The molecule has 0 radical (unpaired) electrons. The van der Waals surface area contributed by atoms with Crippen molar-refractivity contribution in [1.29, 1.82) is 0 Å². The summed E-state index contributed by atoms with van der Waals surface area (Å²) in [5, 5.41) is 5.34. The quantitative estimate of drug-likeness (QED) is 0.303. The lowest BCUT2D eigenvalue weighted by Crippen LogP contribution is -2.41. The predicted octanol–water partition coefficient (Wildman–Crippen LogP) is 5.59. The van der Waals surface area contributed by atoms with Crippen molar-refractivity contribution in [3.63, 3.8) is 0 Å². The number of anilines is 2. The van der Waals surface area contributed by atoms with Crippen LogP contribution in [0.2, 0.25) is 10.0 Å². The van der Waals surface area contributed by atoms with Gasteiger partial charge in [-0.1, -0.05) is 71.2 Å². The number of hydrogen-bond donors (Lipinski definition) is 2. The van der Waals surface area contributed by atoms with Gasteiger partial charge in [-0.15, -0.1) is 0 Å². The lowest BCUT2D eigenvalue weighted by atomic mass is 10.2. The van der Waals surface area contributed by atoms with Gasteiger partial charge < -0.3 is 10.6 Å². The Labute approximate surface area is 260 Å². The van der Waals surface area contributed by atoms with Gasteiger partial charge in [0.1, 0.15) is 19.1 Å². The maximum absolute atomic E-state index is 13.2. The molecule has 2 atom stereocenters. The van der Waals surface area contributed by atoms with Gasteiger partial charge in [-0.05, 0) is 61.4 Å². The minimum absolute atomic E-state index is 0.187. The van der Waals surface area contributed by atoms with Crippen molar-refractivity contribution in [2.45, 2.75) is 36.2 Å². The second kappa shape index (κ2) is 14.1. The summed E-state index contributed by atoms with van der Waals surface area (Å²) in [6.45, 7) is 0.551. The molecule has 40 heavy (non-hydrogen) atoms. The number of amides is 4. The lowest BCUT2D eigenvalue weighted by Gasteiger charge is -2.18. The first-order valence-electron chi connectivity index (χ1n) is 12.3. The zero-order valence-corrected chi connectivity index (χ0v) is 25.7. The molecule has 14 heteroatoms. The summed E-state index contributed by atoms with van der Waals surface area (Å²) in [4.78, 5) is 53.8. The van der Waals surface area contributed by atoms with Crippen LogP contribution < -0.4 is 10.6 Å². The highest BCUT2D eigenvalue weighted by atomic mass is 35.5. The summed E-state index contributed by atoms with van der Waals surface area (Å²) in [7, 11) is 0. The standard InChI is InChI=1S/C26H24Cl2N4O4S4/c27-15-5-9-17(10-6-15)29-19(33)3-1-13-31-23(35)21(39-25(31)37)22-24(36)32(26(38)40-22)14-2-4-20(34)30-18-11-7-16(28)8-12-18/h5-12,21-22H,1-4,13-14H2,(H,29,33)(H,30,34). The number of carbonyl (C=O) groups excluding carboxylic acids is 4. The average Bonchev–Trinajstić information content (AvgIpc) is 3.35. The summed E-state index contributed by atoms with van der Waals surface area (Å²) in [6.07, 6.45) is 1.22. The number of nitrogens with zero attached hydrogens (tertiary/aromatic N) is 2. The SMILES string of the molecule is O=C(CCCN1C(=O)C(C2SC(=S)N(CCCC(=O)Nc3ccc(Cl)cc3)C2=O)SC1=S)Nc1ccc(Cl)cc1. The maximum atomic E-state index is 13.2. The van der Waals surface area contributed by atoms with Crippen LogP contribution in [0.5, 0.6) is 0 Å². The summed E-state index contributed by atoms with van der Waals surface area (Å²) < 4.78 is 0.759. The zero-order valence-electron chi connectivity index (χ0n) is 20.9. The summed E-state index contributed by atoms with van der Waals surface area (Å²) in [5.74, 6) is -0.890. The number of rotatable bonds is 11. The number of benzene rings is 2. The normalized spacial score (nSPS) is 18.9. The van der Waals surface area contributed by atoms with E-state index in [2.05, 4.69) is 10.6 Å². The molecule has 0 saturated carbocycles. The van der Waals surface area contributed by atoms with Gasteiger partial charge in [0.15, 0.2) is 0 Å². The van der Waals surface area contributed by atoms with Crippen molar-refractivity contribution < 1.29 is 19.2 Å². The van der Waals surface area contributed by atoms with Crippen molar-refractivity contribution in [3.8, 4) is 0 Å². The number of thiocarbonyl (C=S) groups is 2. The first kappa shape index (κ1) is 30.7. The Morgan fingerprint density at radius 1 is 0.700 bits per heavy atom. The van der Waals surface area contributed by atoms with Crippen molar-refractivity contribution in [2.24, 2.45) is 0 Å². The van der Waals surface area contributed by atoms with E-state index in [1.807, 2.05) is 0 Å². The molecule has 2 aromatic carbocycles. The van der Waals surface area contributed by atoms with E-state index < -0.39 is 10.5 Å². The van der Waals surface area contributed by atoms with Gasteiger partial charge in [-0.3, -0.25) is 29.0 Å². The molecule has 2 heterocycles. The molecule has 2 N–H and O–H groups in total. The monoisotopic (exact) mass is 654 g/mol. The molecular formula is C26H24Cl2N4O4S4. The Morgan fingerprint density at radius 2 is 1.05 bits per heavy atom. The number of halogens is 2. The fraction of sp³-hybridized carbons (Fsp3) is 0.308. The van der Waals surface area contributed by atoms with E-state index >= 15 is 0 Å². The second-order valence-electron chi connectivity index (χ2n) is 8.91.